The maximum absolute atomic E-state index is 3.32. The van der Waals surface area contributed by atoms with Crippen LogP contribution in [-0.4, -0.2) is 13.1 Å². The zero-order valence-corrected chi connectivity index (χ0v) is 7.16. The molecule has 1 fully saturated rings. The highest BCUT2D eigenvalue weighted by Crippen LogP contribution is 2.16. The van der Waals surface area contributed by atoms with E-state index in [-0.39, 0.29) is 0 Å². The zero-order chi connectivity index (χ0) is 7.52. The molecule has 1 saturated heterocycles. The van der Waals surface area contributed by atoms with Gasteiger partial charge in [-0.2, -0.15) is 0 Å². The Hall–Kier alpha value is -0.600. The third-order valence-electron chi connectivity index (χ3n) is 1.86. The lowest BCUT2D eigenvalue weighted by molar-refractivity contribution is 0.862. The van der Waals surface area contributed by atoms with Crippen molar-refractivity contribution >= 4 is 17.4 Å². The van der Waals surface area contributed by atoms with Gasteiger partial charge in [0.1, 0.15) is 0 Å². The highest BCUT2D eigenvalue weighted by atomic mass is 32.1. The van der Waals surface area contributed by atoms with Gasteiger partial charge < -0.3 is 5.32 Å². The second kappa shape index (κ2) is 3.20. The van der Waals surface area contributed by atoms with E-state index in [2.05, 4.69) is 28.9 Å². The van der Waals surface area contributed by atoms with Crippen LogP contribution in [0.2, 0.25) is 0 Å². The monoisotopic (exact) mass is 165 g/mol. The third-order valence-corrected chi connectivity index (χ3v) is 2.68. The van der Waals surface area contributed by atoms with E-state index in [1.54, 1.807) is 11.3 Å². The molecule has 1 nitrogen and oxygen atoms in total. The summed E-state index contributed by atoms with van der Waals surface area (Å²) in [5.74, 6) is 0. The van der Waals surface area contributed by atoms with Gasteiger partial charge in [0.05, 0.1) is 0 Å². The summed E-state index contributed by atoms with van der Waals surface area (Å²) in [6, 6.07) is 4.26. The molecule has 1 aliphatic rings. The molecule has 0 amide bonds. The maximum atomic E-state index is 3.32. The second-order valence-electron chi connectivity index (χ2n) is 2.74. The number of nitrogens with one attached hydrogen (secondary N) is 1. The number of hydrogen-bond donors (Lipinski definition) is 1. The van der Waals surface area contributed by atoms with Crippen molar-refractivity contribution in [3.05, 3.63) is 28.0 Å². The fourth-order valence-corrected chi connectivity index (χ4v) is 1.99. The van der Waals surface area contributed by atoms with Crippen LogP contribution in [0.25, 0.3) is 6.08 Å². The first-order valence-electron chi connectivity index (χ1n) is 3.89. The predicted octanol–water partition coefficient (Wildman–Crippen LogP) is 2.12. The SMILES string of the molecule is C(=C1/CCNC1)/c1cccs1. The molecular weight excluding hydrogens is 154 g/mol. The summed E-state index contributed by atoms with van der Waals surface area (Å²) in [4.78, 5) is 1.38. The molecule has 1 aliphatic heterocycles. The first-order chi connectivity index (χ1) is 5.45. The Kier molecular flexibility index (Phi) is 2.06. The molecule has 2 heteroatoms. The summed E-state index contributed by atoms with van der Waals surface area (Å²) >= 11 is 1.81. The lowest BCUT2D eigenvalue weighted by Crippen LogP contribution is -2.04. The van der Waals surface area contributed by atoms with Gasteiger partial charge in [0.15, 0.2) is 0 Å². The van der Waals surface area contributed by atoms with E-state index in [0.29, 0.717) is 0 Å². The van der Waals surface area contributed by atoms with Gasteiger partial charge in [-0.05, 0) is 30.5 Å². The van der Waals surface area contributed by atoms with Gasteiger partial charge in [0.2, 0.25) is 0 Å². The van der Waals surface area contributed by atoms with Crippen molar-refractivity contribution < 1.29 is 0 Å². The van der Waals surface area contributed by atoms with Gasteiger partial charge in [-0.15, -0.1) is 11.3 Å². The first kappa shape index (κ1) is 7.07. The maximum Gasteiger partial charge on any atom is 0.0270 e. The van der Waals surface area contributed by atoms with E-state index >= 15 is 0 Å². The van der Waals surface area contributed by atoms with Gasteiger partial charge in [-0.1, -0.05) is 11.6 Å². The second-order valence-corrected chi connectivity index (χ2v) is 3.72. The summed E-state index contributed by atoms with van der Waals surface area (Å²) < 4.78 is 0. The van der Waals surface area contributed by atoms with Gasteiger partial charge in [-0.3, -0.25) is 0 Å². The molecular formula is C9H11NS. The Morgan fingerprint density at radius 2 is 2.55 bits per heavy atom. The van der Waals surface area contributed by atoms with E-state index in [9.17, 15) is 0 Å². The Morgan fingerprint density at radius 1 is 1.55 bits per heavy atom. The number of thiophene rings is 1. The van der Waals surface area contributed by atoms with Crippen LogP contribution >= 0.6 is 11.3 Å². The Labute approximate surface area is 70.8 Å². The molecule has 0 spiro atoms. The van der Waals surface area contributed by atoms with E-state index in [1.807, 2.05) is 0 Å². The molecule has 2 rings (SSSR count). The molecule has 0 aromatic carbocycles. The van der Waals surface area contributed by atoms with Gasteiger partial charge in [0, 0.05) is 11.4 Å². The topological polar surface area (TPSA) is 12.0 Å². The van der Waals surface area contributed by atoms with E-state index in [0.717, 1.165) is 13.1 Å². The molecule has 0 saturated carbocycles. The average molecular weight is 165 g/mol. The highest BCUT2D eigenvalue weighted by molar-refractivity contribution is 7.10. The summed E-state index contributed by atoms with van der Waals surface area (Å²) in [6.45, 7) is 2.23. The largest absolute Gasteiger partial charge is 0.313 e. The van der Waals surface area contributed by atoms with Crippen molar-refractivity contribution in [2.75, 3.05) is 13.1 Å². The minimum atomic E-state index is 1.08. The van der Waals surface area contributed by atoms with Crippen LogP contribution in [0.5, 0.6) is 0 Å². The van der Waals surface area contributed by atoms with Crippen LogP contribution in [0.3, 0.4) is 0 Å². The highest BCUT2D eigenvalue weighted by Gasteiger charge is 2.04. The lowest BCUT2D eigenvalue weighted by atomic mass is 10.2. The molecule has 11 heavy (non-hydrogen) atoms. The molecule has 2 heterocycles. The zero-order valence-electron chi connectivity index (χ0n) is 6.34. The molecule has 1 aromatic heterocycles. The minimum absolute atomic E-state index is 1.08. The molecule has 1 aromatic rings. The predicted molar refractivity (Wildman–Crippen MR) is 49.8 cm³/mol. The first-order valence-corrected chi connectivity index (χ1v) is 4.77. The molecule has 0 aliphatic carbocycles. The summed E-state index contributed by atoms with van der Waals surface area (Å²) in [7, 11) is 0. The van der Waals surface area contributed by atoms with Crippen molar-refractivity contribution in [2.24, 2.45) is 0 Å². The van der Waals surface area contributed by atoms with E-state index in [1.165, 1.54) is 16.9 Å². The summed E-state index contributed by atoms with van der Waals surface area (Å²) in [6.07, 6.45) is 3.52. The molecule has 0 atom stereocenters. The van der Waals surface area contributed by atoms with Crippen molar-refractivity contribution in [2.45, 2.75) is 6.42 Å². The van der Waals surface area contributed by atoms with Crippen LogP contribution < -0.4 is 5.32 Å². The normalized spacial score (nSPS) is 21.3. The molecule has 0 bridgehead atoms. The van der Waals surface area contributed by atoms with Crippen LogP contribution in [0.4, 0.5) is 0 Å². The minimum Gasteiger partial charge on any atom is -0.313 e. The van der Waals surface area contributed by atoms with E-state index < -0.39 is 0 Å². The third kappa shape index (κ3) is 1.70. The van der Waals surface area contributed by atoms with Crippen molar-refractivity contribution in [3.63, 3.8) is 0 Å². The van der Waals surface area contributed by atoms with Crippen LogP contribution in [-0.2, 0) is 0 Å². The van der Waals surface area contributed by atoms with Gasteiger partial charge in [0.25, 0.3) is 0 Å². The molecule has 1 N–H and O–H groups in total. The lowest BCUT2D eigenvalue weighted by Gasteiger charge is -1.90. The van der Waals surface area contributed by atoms with Crippen molar-refractivity contribution in [1.82, 2.24) is 5.32 Å². The van der Waals surface area contributed by atoms with Crippen LogP contribution in [0, 0.1) is 0 Å². The fourth-order valence-electron chi connectivity index (χ4n) is 1.28. The standard InChI is InChI=1S/C9H11NS/c1-2-9(11-5-1)6-8-3-4-10-7-8/h1-2,5-6,10H,3-4,7H2/b8-6+. The number of rotatable bonds is 1. The summed E-state index contributed by atoms with van der Waals surface area (Å²) in [5.41, 5.74) is 1.53. The van der Waals surface area contributed by atoms with Crippen LogP contribution in [0.15, 0.2) is 23.1 Å². The Bertz CT molecular complexity index is 241. The van der Waals surface area contributed by atoms with Gasteiger partial charge in [-0.25, -0.2) is 0 Å². The fraction of sp³-hybridized carbons (Fsp3) is 0.333. The molecule has 0 unspecified atom stereocenters. The van der Waals surface area contributed by atoms with Crippen molar-refractivity contribution in [1.29, 1.82) is 0 Å². The summed E-state index contributed by atoms with van der Waals surface area (Å²) in [5, 5.41) is 5.44. The smallest absolute Gasteiger partial charge is 0.0270 e. The quantitative estimate of drug-likeness (QED) is 0.672. The van der Waals surface area contributed by atoms with Gasteiger partial charge >= 0.3 is 0 Å². The average Bonchev–Trinajstić information content (AvgIpc) is 2.60. The van der Waals surface area contributed by atoms with Crippen molar-refractivity contribution in [3.8, 4) is 0 Å². The number of hydrogen-bond acceptors (Lipinski definition) is 2. The Morgan fingerprint density at radius 3 is 3.18 bits per heavy atom. The molecule has 58 valence electrons. The Balaban J connectivity index is 2.13. The molecule has 0 radical (unpaired) electrons. The van der Waals surface area contributed by atoms with Crippen LogP contribution in [0.1, 0.15) is 11.3 Å². The van der Waals surface area contributed by atoms with E-state index in [4.69, 9.17) is 0 Å².